The molecule has 0 N–H and O–H groups in total. The highest BCUT2D eigenvalue weighted by Crippen LogP contribution is 2.51. The molecule has 1 aromatic heterocycles. The fourth-order valence-corrected chi connectivity index (χ4v) is 7.36. The highest BCUT2D eigenvalue weighted by molar-refractivity contribution is 6.25. The topological polar surface area (TPSA) is 25.8 Å². The number of aromatic nitrogens is 2. The third kappa shape index (κ3) is 3.47. The minimum Gasteiger partial charge on any atom is -0.228 e. The van der Waals surface area contributed by atoms with Crippen molar-refractivity contribution in [1.29, 1.82) is 0 Å². The fraction of sp³-hybridized carbons (Fsp3) is 0.0732. The average molecular weight is 549 g/mol. The van der Waals surface area contributed by atoms with Gasteiger partial charge in [-0.15, -0.1) is 0 Å². The van der Waals surface area contributed by atoms with E-state index < -0.39 is 0 Å². The highest BCUT2D eigenvalue weighted by Gasteiger charge is 2.40. The Bertz CT molecular complexity index is 2350. The lowest BCUT2D eigenvalue weighted by atomic mass is 9.80. The van der Waals surface area contributed by atoms with Crippen LogP contribution in [-0.4, -0.2) is 9.97 Å². The molecule has 0 unspecified atom stereocenters. The van der Waals surface area contributed by atoms with E-state index in [0.29, 0.717) is 0 Å². The molecule has 1 heterocycles. The van der Waals surface area contributed by atoms with Crippen molar-refractivity contribution in [3.8, 4) is 45.0 Å². The van der Waals surface area contributed by atoms with Crippen LogP contribution < -0.4 is 0 Å². The number of rotatable bonds is 3. The van der Waals surface area contributed by atoms with E-state index in [1.54, 1.807) is 0 Å². The predicted octanol–water partition coefficient (Wildman–Crippen LogP) is 10.7. The molecule has 1 aliphatic rings. The van der Waals surface area contributed by atoms with Crippen molar-refractivity contribution in [1.82, 2.24) is 9.97 Å². The van der Waals surface area contributed by atoms with E-state index in [1.807, 2.05) is 6.07 Å². The minimum absolute atomic E-state index is 0.223. The first kappa shape index (κ1) is 24.3. The molecule has 0 bridgehead atoms. The lowest BCUT2D eigenvalue weighted by Crippen LogP contribution is -2.17. The minimum atomic E-state index is -0.223. The Labute approximate surface area is 250 Å². The van der Waals surface area contributed by atoms with Crippen molar-refractivity contribution in [2.24, 2.45) is 0 Å². The molecule has 0 atom stereocenters. The Morgan fingerprint density at radius 1 is 0.465 bits per heavy atom. The monoisotopic (exact) mass is 548 g/mol. The SMILES string of the molecule is CC1(C)c2ccccc2-c2nc(-c3ccccc3)nc(-c3cccc(-c4ccc5ccc6cccc7ccc4c5c67)c3)c21. The van der Waals surface area contributed by atoms with Crippen molar-refractivity contribution >= 4 is 32.3 Å². The predicted molar refractivity (Wildman–Crippen MR) is 180 cm³/mol. The lowest BCUT2D eigenvalue weighted by Gasteiger charge is -2.24. The van der Waals surface area contributed by atoms with Gasteiger partial charge in [0.1, 0.15) is 0 Å². The van der Waals surface area contributed by atoms with Crippen LogP contribution in [0.2, 0.25) is 0 Å². The van der Waals surface area contributed by atoms with Gasteiger partial charge in [-0.2, -0.15) is 0 Å². The summed E-state index contributed by atoms with van der Waals surface area (Å²) in [4.78, 5) is 10.5. The maximum atomic E-state index is 5.32. The standard InChI is InChI=1S/C41H28N2/c1-41(2)34-17-7-6-16-33(34)39-37(41)38(42-40(43-39)28-10-4-3-5-11-28)30-15-9-14-29(24-30)31-22-20-27-19-18-25-12-8-13-26-21-23-32(31)36(27)35(25)26/h3-24H,1-2H3. The first-order valence-electron chi connectivity index (χ1n) is 14.9. The molecule has 8 aromatic rings. The lowest BCUT2D eigenvalue weighted by molar-refractivity contribution is 0.658. The summed E-state index contributed by atoms with van der Waals surface area (Å²) < 4.78 is 0. The van der Waals surface area contributed by atoms with Crippen LogP contribution >= 0.6 is 0 Å². The highest BCUT2D eigenvalue weighted by atomic mass is 14.9. The van der Waals surface area contributed by atoms with Crippen molar-refractivity contribution in [2.45, 2.75) is 19.3 Å². The maximum absolute atomic E-state index is 5.32. The van der Waals surface area contributed by atoms with Gasteiger partial charge in [0.2, 0.25) is 0 Å². The number of fused-ring (bicyclic) bond motifs is 3. The molecule has 7 aromatic carbocycles. The summed E-state index contributed by atoms with van der Waals surface area (Å²) in [5.41, 5.74) is 10.1. The van der Waals surface area contributed by atoms with Crippen LogP contribution in [0.15, 0.2) is 133 Å². The molecule has 9 rings (SSSR count). The van der Waals surface area contributed by atoms with Crippen molar-refractivity contribution in [2.75, 3.05) is 0 Å². The average Bonchev–Trinajstić information content (AvgIpc) is 3.30. The van der Waals surface area contributed by atoms with E-state index >= 15 is 0 Å². The normalized spacial score (nSPS) is 13.5. The number of nitrogens with zero attached hydrogens (tertiary/aromatic N) is 2. The van der Waals surface area contributed by atoms with Gasteiger partial charge < -0.3 is 0 Å². The van der Waals surface area contributed by atoms with Crippen LogP contribution in [0.3, 0.4) is 0 Å². The van der Waals surface area contributed by atoms with Crippen LogP contribution in [0.25, 0.3) is 77.3 Å². The van der Waals surface area contributed by atoms with E-state index in [-0.39, 0.29) is 5.41 Å². The van der Waals surface area contributed by atoms with Gasteiger partial charge in [0.15, 0.2) is 5.82 Å². The largest absolute Gasteiger partial charge is 0.228 e. The third-order valence-electron chi connectivity index (χ3n) is 9.40. The molecule has 2 heteroatoms. The first-order valence-corrected chi connectivity index (χ1v) is 14.9. The van der Waals surface area contributed by atoms with Gasteiger partial charge in [0.05, 0.1) is 11.4 Å². The molecule has 0 aliphatic heterocycles. The van der Waals surface area contributed by atoms with E-state index in [0.717, 1.165) is 28.3 Å². The zero-order chi connectivity index (χ0) is 28.7. The summed E-state index contributed by atoms with van der Waals surface area (Å²) in [6, 6.07) is 48.1. The van der Waals surface area contributed by atoms with Crippen LogP contribution in [0, 0.1) is 0 Å². The summed E-state index contributed by atoms with van der Waals surface area (Å²) in [6.45, 7) is 4.61. The molecule has 202 valence electrons. The second-order valence-electron chi connectivity index (χ2n) is 12.2. The summed E-state index contributed by atoms with van der Waals surface area (Å²) in [6.07, 6.45) is 0. The van der Waals surface area contributed by atoms with Gasteiger partial charge in [-0.3, -0.25) is 0 Å². The smallest absolute Gasteiger partial charge is 0.160 e. The first-order chi connectivity index (χ1) is 21.1. The number of hydrogen-bond donors (Lipinski definition) is 0. The van der Waals surface area contributed by atoms with Gasteiger partial charge in [0, 0.05) is 27.7 Å². The summed E-state index contributed by atoms with van der Waals surface area (Å²) in [5.74, 6) is 0.759. The number of hydrogen-bond acceptors (Lipinski definition) is 2. The second-order valence-corrected chi connectivity index (χ2v) is 12.2. The molecule has 0 amide bonds. The summed E-state index contributed by atoms with van der Waals surface area (Å²) in [7, 11) is 0. The Balaban J connectivity index is 1.30. The molecule has 0 saturated heterocycles. The molecule has 1 aliphatic carbocycles. The molecular formula is C41H28N2. The molecule has 0 spiro atoms. The fourth-order valence-electron chi connectivity index (χ4n) is 7.36. The van der Waals surface area contributed by atoms with Crippen LogP contribution in [0.1, 0.15) is 25.0 Å². The van der Waals surface area contributed by atoms with Crippen LogP contribution in [0.4, 0.5) is 0 Å². The van der Waals surface area contributed by atoms with Gasteiger partial charge in [0.25, 0.3) is 0 Å². The Morgan fingerprint density at radius 2 is 1.09 bits per heavy atom. The molecule has 0 saturated carbocycles. The third-order valence-corrected chi connectivity index (χ3v) is 9.40. The van der Waals surface area contributed by atoms with Gasteiger partial charge in [-0.25, -0.2) is 9.97 Å². The Kier molecular flexibility index (Phi) is 4.99. The zero-order valence-corrected chi connectivity index (χ0v) is 24.1. The quantitative estimate of drug-likeness (QED) is 0.205. The van der Waals surface area contributed by atoms with E-state index in [2.05, 4.69) is 141 Å². The molecule has 43 heavy (non-hydrogen) atoms. The van der Waals surface area contributed by atoms with Crippen molar-refractivity contribution < 1.29 is 0 Å². The van der Waals surface area contributed by atoms with Gasteiger partial charge in [-0.1, -0.05) is 141 Å². The van der Waals surface area contributed by atoms with Gasteiger partial charge in [-0.05, 0) is 55.1 Å². The molecular weight excluding hydrogens is 520 g/mol. The van der Waals surface area contributed by atoms with Crippen molar-refractivity contribution in [3.63, 3.8) is 0 Å². The Hall–Kier alpha value is -5.34. The van der Waals surface area contributed by atoms with Crippen molar-refractivity contribution in [3.05, 3.63) is 145 Å². The molecule has 0 fully saturated rings. The second kappa shape index (κ2) is 8.83. The molecule has 2 nitrogen and oxygen atoms in total. The molecule has 0 radical (unpaired) electrons. The van der Waals surface area contributed by atoms with Crippen LogP contribution in [0.5, 0.6) is 0 Å². The van der Waals surface area contributed by atoms with E-state index in [4.69, 9.17) is 9.97 Å². The summed E-state index contributed by atoms with van der Waals surface area (Å²) in [5, 5.41) is 7.81. The number of benzene rings is 7. The zero-order valence-electron chi connectivity index (χ0n) is 24.1. The summed E-state index contributed by atoms with van der Waals surface area (Å²) >= 11 is 0. The Morgan fingerprint density at radius 3 is 1.93 bits per heavy atom. The van der Waals surface area contributed by atoms with Gasteiger partial charge >= 0.3 is 0 Å². The van der Waals surface area contributed by atoms with E-state index in [1.165, 1.54) is 60.1 Å². The van der Waals surface area contributed by atoms with Crippen LogP contribution in [-0.2, 0) is 5.41 Å². The van der Waals surface area contributed by atoms with E-state index in [9.17, 15) is 0 Å². The maximum Gasteiger partial charge on any atom is 0.160 e.